The first-order chi connectivity index (χ1) is 48.8. The van der Waals surface area contributed by atoms with Gasteiger partial charge in [-0.1, -0.05) is 163 Å². The van der Waals surface area contributed by atoms with E-state index in [4.69, 9.17) is 33.2 Å². The maximum absolute atomic E-state index is 13.5. The molecule has 4 fully saturated rings. The Morgan fingerprint density at radius 2 is 1.07 bits per heavy atom. The summed E-state index contributed by atoms with van der Waals surface area (Å²) in [5.74, 6) is 2.60. The molecule has 0 spiro atoms. The molecule has 0 bridgehead atoms. The molecule has 5 aliphatic rings. The Labute approximate surface area is 608 Å². The van der Waals surface area contributed by atoms with Crippen LogP contribution in [0.3, 0.4) is 0 Å². The van der Waals surface area contributed by atoms with Gasteiger partial charge in [0.2, 0.25) is 41.4 Å². The van der Waals surface area contributed by atoms with Crippen LogP contribution in [0.15, 0.2) is 11.6 Å². The van der Waals surface area contributed by atoms with Crippen LogP contribution in [0.4, 0.5) is 4.79 Å². The zero-order valence-corrected chi connectivity index (χ0v) is 64.1. The highest BCUT2D eigenvalue weighted by atomic mass is 16.6. The molecule has 1 saturated heterocycles. The zero-order chi connectivity index (χ0) is 73.1. The third-order valence-corrected chi connectivity index (χ3v) is 22.6. The summed E-state index contributed by atoms with van der Waals surface area (Å²) in [7, 11) is 0. The lowest BCUT2D eigenvalue weighted by Crippen LogP contribution is -2.51. The minimum Gasteiger partial charge on any atom is -0.446 e. The van der Waals surface area contributed by atoms with E-state index in [1.807, 2.05) is 13.8 Å². The van der Waals surface area contributed by atoms with Gasteiger partial charge in [-0.3, -0.25) is 38.5 Å². The first-order valence-corrected chi connectivity index (χ1v) is 40.1. The van der Waals surface area contributed by atoms with E-state index < -0.39 is 23.9 Å². The predicted octanol–water partition coefficient (Wildman–Crippen LogP) is 11.6. The average molecular weight is 1430 g/mol. The van der Waals surface area contributed by atoms with Gasteiger partial charge in [0, 0.05) is 90.3 Å². The number of unbranched alkanes of at least 4 members (excludes halogenated alkanes) is 12. The van der Waals surface area contributed by atoms with Gasteiger partial charge in [-0.25, -0.2) is 4.79 Å². The van der Waals surface area contributed by atoms with Gasteiger partial charge in [-0.2, -0.15) is 0 Å². The molecule has 3 saturated carbocycles. The van der Waals surface area contributed by atoms with Gasteiger partial charge in [-0.15, -0.1) is 0 Å². The predicted molar refractivity (Wildman–Crippen MR) is 393 cm³/mol. The molecule has 5 rings (SSSR count). The number of nitrogens with one attached hydrogen (secondary N) is 6. The number of amides is 8. The van der Waals surface area contributed by atoms with Gasteiger partial charge in [0.1, 0.15) is 12.1 Å². The van der Waals surface area contributed by atoms with Crippen LogP contribution in [0.25, 0.3) is 0 Å². The molecule has 8 amide bonds. The Balaban J connectivity index is 0.916. The molecule has 0 aromatic rings. The van der Waals surface area contributed by atoms with Crippen molar-refractivity contribution >= 4 is 47.4 Å². The van der Waals surface area contributed by atoms with Crippen LogP contribution in [0.5, 0.6) is 0 Å². The second-order valence-corrected chi connectivity index (χ2v) is 30.9. The quantitative estimate of drug-likeness (QED) is 0.0188. The summed E-state index contributed by atoms with van der Waals surface area (Å²) in [6.07, 6.45) is 32.9. The van der Waals surface area contributed by atoms with E-state index in [2.05, 4.69) is 79.5 Å². The van der Waals surface area contributed by atoms with Crippen molar-refractivity contribution in [2.24, 2.45) is 58.2 Å². The summed E-state index contributed by atoms with van der Waals surface area (Å²) in [6.45, 7) is 23.3. The van der Waals surface area contributed by atoms with Gasteiger partial charge < -0.3 is 65.1 Å². The van der Waals surface area contributed by atoms with Crippen molar-refractivity contribution < 1.29 is 71.5 Å². The maximum atomic E-state index is 13.5. The number of hydrogen-bond donors (Lipinski definition) is 6. The highest BCUT2D eigenvalue weighted by Crippen LogP contribution is 2.67. The van der Waals surface area contributed by atoms with E-state index in [0.717, 1.165) is 74.5 Å². The Morgan fingerprint density at radius 3 is 1.68 bits per heavy atom. The van der Waals surface area contributed by atoms with Crippen LogP contribution in [0.1, 0.15) is 254 Å². The fourth-order valence-corrected chi connectivity index (χ4v) is 16.7. The third-order valence-electron chi connectivity index (χ3n) is 22.6. The van der Waals surface area contributed by atoms with E-state index in [0.29, 0.717) is 76.9 Å². The largest absolute Gasteiger partial charge is 0.446 e. The number of ether oxygens (including phenoxy) is 7. The summed E-state index contributed by atoms with van der Waals surface area (Å²) in [4.78, 5) is 103. The van der Waals surface area contributed by atoms with Crippen LogP contribution in [0, 0.1) is 58.2 Å². The van der Waals surface area contributed by atoms with Gasteiger partial charge in [0.05, 0.1) is 72.7 Å². The molecule has 10 atom stereocenters. The summed E-state index contributed by atoms with van der Waals surface area (Å²) in [5.41, 5.74) is 2.10. The minimum atomic E-state index is -1.01. The zero-order valence-electron chi connectivity index (χ0n) is 64.1. The van der Waals surface area contributed by atoms with Gasteiger partial charge in [0.25, 0.3) is 0 Å². The first-order valence-electron chi connectivity index (χ1n) is 40.1. The normalized spacial score (nSPS) is 23.0. The van der Waals surface area contributed by atoms with Crippen molar-refractivity contribution in [1.29, 1.82) is 0 Å². The number of rotatable bonds is 57. The molecule has 580 valence electrons. The number of fused-ring (bicyclic) bond motifs is 5. The van der Waals surface area contributed by atoms with Crippen LogP contribution in [0.2, 0.25) is 0 Å². The molecular formula is C79H139N7O15. The van der Waals surface area contributed by atoms with E-state index in [-0.39, 0.29) is 151 Å². The van der Waals surface area contributed by atoms with Crippen molar-refractivity contribution in [3.63, 3.8) is 0 Å². The van der Waals surface area contributed by atoms with Crippen molar-refractivity contribution in [2.45, 2.75) is 267 Å². The minimum absolute atomic E-state index is 0.0192. The van der Waals surface area contributed by atoms with Crippen LogP contribution in [-0.2, 0) is 66.7 Å². The second kappa shape index (κ2) is 49.9. The molecule has 0 radical (unpaired) electrons. The fraction of sp³-hybridized carbons (Fsp3) is 0.873. The average Bonchev–Trinajstić information content (AvgIpc) is 1.68. The standard InChI is InChI=1S/C79H139N7O15/c1-9-10-11-12-13-14-15-16-17-18-19-20-21-26-70(87)81-40-47-97-48-41-82-71(88)32-31-69(85-73(90)36-46-96-52-54-100-56-55-99-53-51-95-45-23-39-80-72(89)35-44-86-74(91)58-65(60(4)5)76(86)93)75(92)83-42-49-98-50-43-84-77(94)101-63-33-37-78(7)62(57-63)27-28-64-67-30-29-66(61(6)25-22-24-59(2)3)79(67,8)38-34-68(64)78/h27,59-61,63-69H,9-26,28-58H2,1-8H3,(H,80,89)(H,81,87)(H,82,88)(H,83,92)(H,84,94)(H,85,90)/t61-,63+,64+,65?,66-,67+,68+,69+,78+,79-/m1/s1. The number of imide groups is 1. The van der Waals surface area contributed by atoms with Gasteiger partial charge >= 0.3 is 6.09 Å². The van der Waals surface area contributed by atoms with Crippen LogP contribution >= 0.6 is 0 Å². The summed E-state index contributed by atoms with van der Waals surface area (Å²) < 4.78 is 39.8. The van der Waals surface area contributed by atoms with Crippen molar-refractivity contribution in [1.82, 2.24) is 36.8 Å². The summed E-state index contributed by atoms with van der Waals surface area (Å²) in [5, 5.41) is 17.0. The molecule has 1 heterocycles. The Kier molecular flexibility index (Phi) is 42.9. The van der Waals surface area contributed by atoms with Gasteiger partial charge in [-0.05, 0) is 116 Å². The lowest BCUT2D eigenvalue weighted by Gasteiger charge is -2.58. The molecule has 101 heavy (non-hydrogen) atoms. The van der Waals surface area contributed by atoms with Crippen molar-refractivity contribution in [3.05, 3.63) is 11.6 Å². The fourth-order valence-electron chi connectivity index (χ4n) is 16.7. The highest BCUT2D eigenvalue weighted by molar-refractivity contribution is 6.04. The molecule has 4 aliphatic carbocycles. The molecular weight excluding hydrogens is 1290 g/mol. The maximum Gasteiger partial charge on any atom is 0.407 e. The number of likely N-dealkylation sites (tertiary alicyclic amines) is 1. The second-order valence-electron chi connectivity index (χ2n) is 30.9. The molecule has 22 nitrogen and oxygen atoms in total. The van der Waals surface area contributed by atoms with E-state index in [1.165, 1.54) is 120 Å². The number of hydrogen-bond acceptors (Lipinski definition) is 15. The topological polar surface area (TPSA) is 277 Å². The molecule has 0 aromatic carbocycles. The molecule has 22 heteroatoms. The monoisotopic (exact) mass is 1430 g/mol. The highest BCUT2D eigenvalue weighted by Gasteiger charge is 2.59. The molecule has 1 unspecified atom stereocenters. The molecule has 6 N–H and O–H groups in total. The summed E-state index contributed by atoms with van der Waals surface area (Å²) in [6, 6.07) is -1.01. The lowest BCUT2D eigenvalue weighted by molar-refractivity contribution is -0.140. The number of carbonyl (C=O) groups is 8. The van der Waals surface area contributed by atoms with E-state index in [9.17, 15) is 38.4 Å². The Morgan fingerprint density at radius 1 is 0.515 bits per heavy atom. The van der Waals surface area contributed by atoms with Crippen molar-refractivity contribution in [2.75, 3.05) is 119 Å². The van der Waals surface area contributed by atoms with E-state index >= 15 is 0 Å². The van der Waals surface area contributed by atoms with Crippen molar-refractivity contribution in [3.8, 4) is 0 Å². The van der Waals surface area contributed by atoms with Gasteiger partial charge in [0.15, 0.2) is 0 Å². The number of alkyl carbamates (subject to hydrolysis) is 1. The third kappa shape index (κ3) is 32.7. The Hall–Kier alpha value is -4.74. The SMILES string of the molecule is CCCCCCCCCCCCCCCC(=O)NCCOCCNC(=O)CC[C@H](NC(=O)CCOCCOCCOCCOCCCNC(=O)CCN1C(=O)CC(C(C)C)C1=O)C(=O)NCCOCCNC(=O)O[C@H]1CC[C@@]2(C)C(=CC[C@H]3[C@@H]4CC[C@H]([C@H](C)CCCC(C)C)[C@@]4(C)CC[C@@H]32)C1. The molecule has 1 aliphatic heterocycles. The van der Waals surface area contributed by atoms with E-state index in [1.54, 1.807) is 0 Å². The Bertz CT molecular complexity index is 2450. The lowest BCUT2D eigenvalue weighted by atomic mass is 9.47. The molecule has 0 aromatic heterocycles. The number of nitrogens with zero attached hydrogens (tertiary/aromatic N) is 1. The number of allylic oxidation sites excluding steroid dienone is 1. The smallest absolute Gasteiger partial charge is 0.407 e. The van der Waals surface area contributed by atoms with Crippen LogP contribution in [-0.4, -0.2) is 183 Å². The summed E-state index contributed by atoms with van der Waals surface area (Å²) >= 11 is 0. The number of carbonyl (C=O) groups excluding carboxylic acids is 8. The first kappa shape index (κ1) is 86.9. The van der Waals surface area contributed by atoms with Crippen LogP contribution < -0.4 is 31.9 Å².